The molecule has 0 atom stereocenters. The fraction of sp³-hybridized carbons (Fsp3) is 0.500. The van der Waals surface area contributed by atoms with Gasteiger partial charge < -0.3 is 24.3 Å². The van der Waals surface area contributed by atoms with E-state index in [2.05, 4.69) is 35.1 Å². The fourth-order valence-corrected chi connectivity index (χ4v) is 7.35. The summed E-state index contributed by atoms with van der Waals surface area (Å²) in [6.07, 6.45) is 4.02. The number of methoxy groups -OCH3 is 1. The van der Waals surface area contributed by atoms with E-state index in [4.69, 9.17) is 9.47 Å². The number of hydrogen-bond acceptors (Lipinski definition) is 10. The average Bonchev–Trinajstić information content (AvgIpc) is 3.69. The average molecular weight is 707 g/mol. The Hall–Kier alpha value is -4.79. The van der Waals surface area contributed by atoms with Gasteiger partial charge in [0.05, 0.1) is 53.7 Å². The van der Waals surface area contributed by atoms with Crippen LogP contribution in [0.25, 0.3) is 22.4 Å². The lowest BCUT2D eigenvalue weighted by Crippen LogP contribution is -2.51. The molecule has 4 aromatic rings. The minimum absolute atomic E-state index is 0.0737. The number of esters is 1. The number of aromatic nitrogens is 5. The van der Waals surface area contributed by atoms with Gasteiger partial charge in [0.25, 0.3) is 5.91 Å². The highest BCUT2D eigenvalue weighted by atomic mass is 19.4. The smallest absolute Gasteiger partial charge is 0.418 e. The summed E-state index contributed by atoms with van der Waals surface area (Å²) >= 11 is 0. The zero-order chi connectivity index (χ0) is 35.9. The summed E-state index contributed by atoms with van der Waals surface area (Å²) in [6.45, 7) is 4.37. The molecule has 0 unspecified atom stereocenters. The number of carbonyl (C=O) groups is 2. The summed E-state index contributed by atoms with van der Waals surface area (Å²) < 4.78 is 53.3. The van der Waals surface area contributed by atoms with Gasteiger partial charge in [0, 0.05) is 56.9 Å². The zero-order valence-electron chi connectivity index (χ0n) is 28.8. The Morgan fingerprint density at radius 3 is 2.51 bits per heavy atom. The van der Waals surface area contributed by atoms with Crippen LogP contribution in [0.4, 0.5) is 30.5 Å². The number of amides is 1. The van der Waals surface area contributed by atoms with Crippen molar-refractivity contribution in [1.29, 1.82) is 0 Å². The minimum Gasteiger partial charge on any atom is -0.466 e. The molecule has 12 nitrogen and oxygen atoms in total. The number of hydrogen-bond donors (Lipinski definition) is 2. The first-order valence-electron chi connectivity index (χ1n) is 17.3. The van der Waals surface area contributed by atoms with Crippen LogP contribution in [0, 0.1) is 11.3 Å². The third-order valence-corrected chi connectivity index (χ3v) is 10.1. The van der Waals surface area contributed by atoms with E-state index in [1.54, 1.807) is 38.4 Å². The normalized spacial score (nSPS) is 17.4. The zero-order valence-corrected chi connectivity index (χ0v) is 28.8. The van der Waals surface area contributed by atoms with Crippen molar-refractivity contribution in [3.63, 3.8) is 0 Å². The Balaban J connectivity index is 1.17. The van der Waals surface area contributed by atoms with Gasteiger partial charge in [-0.2, -0.15) is 18.2 Å². The molecule has 1 aliphatic heterocycles. The summed E-state index contributed by atoms with van der Waals surface area (Å²) in [5.74, 6) is -0.984. The fourth-order valence-electron chi connectivity index (χ4n) is 7.35. The molecule has 0 aromatic carbocycles. The van der Waals surface area contributed by atoms with E-state index in [-0.39, 0.29) is 57.5 Å². The number of anilines is 3. The van der Waals surface area contributed by atoms with Crippen molar-refractivity contribution in [2.45, 2.75) is 57.5 Å². The second kappa shape index (κ2) is 13.7. The molecule has 2 saturated carbocycles. The van der Waals surface area contributed by atoms with Crippen LogP contribution >= 0.6 is 0 Å². The number of imidazole rings is 1. The third-order valence-electron chi connectivity index (χ3n) is 10.1. The highest BCUT2D eigenvalue weighted by molar-refractivity contribution is 6.03. The first-order chi connectivity index (χ1) is 24.5. The van der Waals surface area contributed by atoms with Crippen LogP contribution in [0.1, 0.15) is 73.1 Å². The number of ether oxygens (including phenoxy) is 2. The number of halogens is 3. The lowest BCUT2D eigenvalue weighted by Gasteiger charge is -2.39. The van der Waals surface area contributed by atoms with E-state index < -0.39 is 17.6 Å². The van der Waals surface area contributed by atoms with Gasteiger partial charge in [0.15, 0.2) is 5.65 Å². The van der Waals surface area contributed by atoms with Crippen LogP contribution in [-0.4, -0.2) is 83.8 Å². The molecular formula is C36H41F3N8O4. The van der Waals surface area contributed by atoms with Crippen LogP contribution < -0.4 is 15.1 Å². The molecule has 15 heteroatoms. The number of nitrogens with zero attached hydrogens (tertiary/aromatic N) is 6. The summed E-state index contributed by atoms with van der Waals surface area (Å²) in [5, 5.41) is 2.76. The van der Waals surface area contributed by atoms with E-state index >= 15 is 0 Å². The van der Waals surface area contributed by atoms with Gasteiger partial charge >= 0.3 is 12.1 Å². The third kappa shape index (κ3) is 7.21. The quantitative estimate of drug-likeness (QED) is 0.164. The first-order valence-corrected chi connectivity index (χ1v) is 17.3. The maximum Gasteiger partial charge on any atom is 0.418 e. The number of aromatic amines is 1. The summed E-state index contributed by atoms with van der Waals surface area (Å²) in [5.41, 5.74) is 2.12. The topological polar surface area (TPSA) is 138 Å². The summed E-state index contributed by atoms with van der Waals surface area (Å²) in [6, 6.07) is 6.23. The molecule has 2 N–H and O–H groups in total. The monoisotopic (exact) mass is 706 g/mol. The standard InChI is InChI=1S/C36H41F3N8O4/c1-4-51-33(49)23-17-47(18-23)24-9-10-26(40-16-24)32(48)45-34-43-30-28(46(2)19-35(20-50-3)11-5-6-12-35)14-27(42-31(30)44-34)22-13-25(36(37,38)39)29(41-15-22)21-7-8-21/h9-10,13-16,21,23H,4-8,11-12,17-20H2,1-3H3,(H2,42,43,44,45,48). The van der Waals surface area contributed by atoms with Gasteiger partial charge in [-0.3, -0.25) is 19.9 Å². The Kier molecular flexibility index (Phi) is 9.33. The van der Waals surface area contributed by atoms with Crippen molar-refractivity contribution in [3.05, 3.63) is 53.6 Å². The summed E-state index contributed by atoms with van der Waals surface area (Å²) in [4.78, 5) is 50.3. The second-order valence-electron chi connectivity index (χ2n) is 13.9. The van der Waals surface area contributed by atoms with Gasteiger partial charge in [0.1, 0.15) is 11.2 Å². The molecule has 0 bridgehead atoms. The van der Waals surface area contributed by atoms with E-state index in [0.29, 0.717) is 56.9 Å². The molecule has 1 saturated heterocycles. The molecule has 51 heavy (non-hydrogen) atoms. The lowest BCUT2D eigenvalue weighted by atomic mass is 9.86. The number of nitrogens with one attached hydrogen (secondary N) is 2. The molecule has 0 spiro atoms. The number of rotatable bonds is 12. The predicted molar refractivity (Wildman–Crippen MR) is 185 cm³/mol. The van der Waals surface area contributed by atoms with Crippen molar-refractivity contribution >= 4 is 40.4 Å². The second-order valence-corrected chi connectivity index (χ2v) is 13.9. The number of pyridine rings is 3. The maximum absolute atomic E-state index is 14.2. The van der Waals surface area contributed by atoms with Crippen molar-refractivity contribution < 1.29 is 32.2 Å². The van der Waals surface area contributed by atoms with Gasteiger partial charge in [-0.25, -0.2) is 9.97 Å². The molecule has 3 fully saturated rings. The van der Waals surface area contributed by atoms with Gasteiger partial charge in [-0.1, -0.05) is 12.8 Å². The van der Waals surface area contributed by atoms with Gasteiger partial charge in [-0.15, -0.1) is 0 Å². The molecule has 5 heterocycles. The van der Waals surface area contributed by atoms with E-state index in [9.17, 15) is 22.8 Å². The number of alkyl halides is 3. The molecule has 2 aliphatic carbocycles. The van der Waals surface area contributed by atoms with Crippen LogP contribution in [0.15, 0.2) is 36.7 Å². The Morgan fingerprint density at radius 2 is 1.86 bits per heavy atom. The first kappa shape index (κ1) is 34.6. The molecule has 3 aliphatic rings. The van der Waals surface area contributed by atoms with Crippen molar-refractivity contribution in [2.24, 2.45) is 11.3 Å². The highest BCUT2D eigenvalue weighted by Gasteiger charge is 2.40. The summed E-state index contributed by atoms with van der Waals surface area (Å²) in [7, 11) is 3.62. The highest BCUT2D eigenvalue weighted by Crippen LogP contribution is 2.46. The minimum atomic E-state index is -4.56. The van der Waals surface area contributed by atoms with Gasteiger partial charge in [-0.05, 0) is 56.9 Å². The Labute approximate surface area is 293 Å². The number of H-pyrrole nitrogens is 1. The van der Waals surface area contributed by atoms with Crippen molar-refractivity contribution in [3.8, 4) is 11.3 Å². The maximum atomic E-state index is 14.2. The molecule has 7 rings (SSSR count). The van der Waals surface area contributed by atoms with E-state index in [1.165, 1.54) is 6.20 Å². The molecule has 1 amide bonds. The Bertz CT molecular complexity index is 1920. The van der Waals surface area contributed by atoms with Gasteiger partial charge in [0.2, 0.25) is 5.95 Å². The predicted octanol–water partition coefficient (Wildman–Crippen LogP) is 6.21. The number of fused-ring (bicyclic) bond motifs is 1. The van der Waals surface area contributed by atoms with E-state index in [0.717, 1.165) is 37.4 Å². The lowest BCUT2D eigenvalue weighted by molar-refractivity contribution is -0.148. The molecule has 4 aromatic heterocycles. The molecular weight excluding hydrogens is 665 g/mol. The SMILES string of the molecule is CCOC(=O)C1CN(c2ccc(C(=O)Nc3nc4nc(-c5cnc(C6CC6)c(C(F)(F)F)c5)cc(N(C)CC5(COC)CCCC5)c4[nH]3)nc2)C1. The molecule has 270 valence electrons. The largest absolute Gasteiger partial charge is 0.466 e. The van der Waals surface area contributed by atoms with Crippen LogP contribution in [0.5, 0.6) is 0 Å². The Morgan fingerprint density at radius 1 is 1.10 bits per heavy atom. The number of carbonyl (C=O) groups excluding carboxylic acids is 2. The van der Waals surface area contributed by atoms with Crippen molar-refractivity contribution in [2.75, 3.05) is 62.1 Å². The van der Waals surface area contributed by atoms with Crippen LogP contribution in [-0.2, 0) is 20.4 Å². The van der Waals surface area contributed by atoms with Crippen LogP contribution in [0.2, 0.25) is 0 Å². The van der Waals surface area contributed by atoms with Crippen LogP contribution in [0.3, 0.4) is 0 Å². The molecule has 0 radical (unpaired) electrons. The van der Waals surface area contributed by atoms with E-state index in [1.807, 2.05) is 11.9 Å². The van der Waals surface area contributed by atoms with Crippen molar-refractivity contribution in [1.82, 2.24) is 24.9 Å².